The molecule has 0 amide bonds. The van der Waals surface area contributed by atoms with Gasteiger partial charge < -0.3 is 5.41 Å². The van der Waals surface area contributed by atoms with E-state index in [1.54, 1.807) is 6.08 Å². The summed E-state index contributed by atoms with van der Waals surface area (Å²) in [5.74, 6) is 0.533. The Labute approximate surface area is 63.0 Å². The Kier molecular flexibility index (Phi) is 4.55. The summed E-state index contributed by atoms with van der Waals surface area (Å²) in [4.78, 5) is 0. The summed E-state index contributed by atoms with van der Waals surface area (Å²) < 4.78 is 0. The molecule has 0 heterocycles. The zero-order valence-electron chi connectivity index (χ0n) is 6.89. The van der Waals surface area contributed by atoms with Gasteiger partial charge in [0.1, 0.15) is 0 Å². The molecule has 0 unspecified atom stereocenters. The van der Waals surface area contributed by atoms with Gasteiger partial charge in [-0.2, -0.15) is 0 Å². The van der Waals surface area contributed by atoms with Gasteiger partial charge in [0.05, 0.1) is 5.71 Å². The van der Waals surface area contributed by atoms with E-state index in [0.717, 1.165) is 0 Å². The molecule has 0 rings (SSSR count). The first-order valence-electron chi connectivity index (χ1n) is 3.56. The van der Waals surface area contributed by atoms with Crippen LogP contribution in [0.3, 0.4) is 0 Å². The molecule has 0 saturated heterocycles. The van der Waals surface area contributed by atoms with Crippen molar-refractivity contribution >= 4 is 5.71 Å². The highest BCUT2D eigenvalue weighted by molar-refractivity contribution is 6.01. The van der Waals surface area contributed by atoms with Gasteiger partial charge in [0.15, 0.2) is 0 Å². The van der Waals surface area contributed by atoms with Gasteiger partial charge in [-0.3, -0.25) is 0 Å². The quantitative estimate of drug-likeness (QED) is 0.578. The van der Waals surface area contributed by atoms with E-state index in [4.69, 9.17) is 5.41 Å². The summed E-state index contributed by atoms with van der Waals surface area (Å²) in [7, 11) is 0. The normalized spacial score (nSPS) is 12.0. The second kappa shape index (κ2) is 4.98. The summed E-state index contributed by atoms with van der Waals surface area (Å²) in [6, 6.07) is 0. The minimum Gasteiger partial charge on any atom is -0.301 e. The fourth-order valence-corrected chi connectivity index (χ4v) is 0.531. The molecule has 0 atom stereocenters. The third-order valence-electron chi connectivity index (χ3n) is 1.01. The fourth-order valence-electron chi connectivity index (χ4n) is 0.531. The smallest absolute Gasteiger partial charge is 0.0533 e. The van der Waals surface area contributed by atoms with Crippen LogP contribution in [0.4, 0.5) is 0 Å². The summed E-state index contributed by atoms with van der Waals surface area (Å²) in [6.45, 7) is 6.11. The Balaban J connectivity index is 3.78. The van der Waals surface area contributed by atoms with Crippen LogP contribution < -0.4 is 0 Å². The number of hydrogen-bond donors (Lipinski definition) is 1. The molecule has 0 fully saturated rings. The lowest BCUT2D eigenvalue weighted by Crippen LogP contribution is -1.85. The molecule has 1 heteroatoms. The molecule has 56 valence electrons. The van der Waals surface area contributed by atoms with E-state index >= 15 is 0 Å². The van der Waals surface area contributed by atoms with Crippen molar-refractivity contribution in [3.63, 3.8) is 0 Å². The maximum atomic E-state index is 7.31. The van der Waals surface area contributed by atoms with Crippen molar-refractivity contribution in [2.45, 2.75) is 20.8 Å². The van der Waals surface area contributed by atoms with E-state index in [1.807, 2.05) is 25.2 Å². The third-order valence-corrected chi connectivity index (χ3v) is 1.01. The molecule has 0 aliphatic rings. The minimum atomic E-state index is 0.533. The van der Waals surface area contributed by atoms with Crippen LogP contribution in [-0.4, -0.2) is 5.71 Å². The molecule has 0 aliphatic carbocycles. The van der Waals surface area contributed by atoms with Crippen molar-refractivity contribution < 1.29 is 0 Å². The second-order valence-corrected chi connectivity index (χ2v) is 2.56. The van der Waals surface area contributed by atoms with Gasteiger partial charge in [-0.15, -0.1) is 0 Å². The lowest BCUT2D eigenvalue weighted by atomic mass is 10.2. The topological polar surface area (TPSA) is 23.9 Å². The Hall–Kier alpha value is -0.850. The Bertz CT molecular complexity index is 152. The molecule has 0 aromatic rings. The number of allylic oxidation sites excluding steroid dienone is 4. The van der Waals surface area contributed by atoms with Gasteiger partial charge in [0.2, 0.25) is 0 Å². The molecule has 0 bridgehead atoms. The highest BCUT2D eigenvalue weighted by Gasteiger charge is 1.84. The van der Waals surface area contributed by atoms with Gasteiger partial charge in [-0.25, -0.2) is 0 Å². The molecule has 10 heavy (non-hydrogen) atoms. The molecule has 0 aromatic carbocycles. The van der Waals surface area contributed by atoms with Crippen LogP contribution in [0.5, 0.6) is 0 Å². The van der Waals surface area contributed by atoms with E-state index in [9.17, 15) is 0 Å². The van der Waals surface area contributed by atoms with E-state index in [0.29, 0.717) is 11.6 Å². The monoisotopic (exact) mass is 137 g/mol. The van der Waals surface area contributed by atoms with Crippen LogP contribution in [-0.2, 0) is 0 Å². The highest BCUT2D eigenvalue weighted by Crippen LogP contribution is 1.93. The molecule has 0 spiro atoms. The van der Waals surface area contributed by atoms with Crippen LogP contribution >= 0.6 is 0 Å². The van der Waals surface area contributed by atoms with E-state index in [-0.39, 0.29) is 0 Å². The van der Waals surface area contributed by atoms with E-state index < -0.39 is 0 Å². The Morgan fingerprint density at radius 2 is 1.90 bits per heavy atom. The molecule has 0 aliphatic heterocycles. The van der Waals surface area contributed by atoms with Crippen molar-refractivity contribution in [2.75, 3.05) is 0 Å². The summed E-state index contributed by atoms with van der Waals surface area (Å²) >= 11 is 0. The van der Waals surface area contributed by atoms with Crippen LogP contribution in [0.15, 0.2) is 24.3 Å². The Morgan fingerprint density at radius 3 is 2.30 bits per heavy atom. The van der Waals surface area contributed by atoms with Crippen molar-refractivity contribution in [2.24, 2.45) is 5.92 Å². The molecule has 0 radical (unpaired) electrons. The zero-order valence-corrected chi connectivity index (χ0v) is 6.89. The van der Waals surface area contributed by atoms with Crippen molar-refractivity contribution in [3.05, 3.63) is 24.3 Å². The molecular weight excluding hydrogens is 122 g/mol. The molecule has 0 aromatic heterocycles. The molecular formula is C9H15N. The predicted octanol–water partition coefficient (Wildman–Crippen LogP) is 2.79. The average molecular weight is 137 g/mol. The van der Waals surface area contributed by atoms with Crippen LogP contribution in [0, 0.1) is 11.3 Å². The first kappa shape index (κ1) is 9.15. The van der Waals surface area contributed by atoms with E-state index in [2.05, 4.69) is 13.8 Å². The SMILES string of the molecule is C/C=C\C(=N)/C=C\C(C)C. The lowest BCUT2D eigenvalue weighted by Gasteiger charge is -1.91. The maximum Gasteiger partial charge on any atom is 0.0533 e. The second-order valence-electron chi connectivity index (χ2n) is 2.56. The Morgan fingerprint density at radius 1 is 1.30 bits per heavy atom. The van der Waals surface area contributed by atoms with Crippen molar-refractivity contribution in [1.29, 1.82) is 5.41 Å². The minimum absolute atomic E-state index is 0.533. The largest absolute Gasteiger partial charge is 0.301 e. The average Bonchev–Trinajstić information content (AvgIpc) is 1.85. The number of rotatable bonds is 3. The third kappa shape index (κ3) is 5.29. The van der Waals surface area contributed by atoms with Gasteiger partial charge in [-0.1, -0.05) is 26.0 Å². The molecule has 1 N–H and O–H groups in total. The molecule has 0 saturated carbocycles. The first-order chi connectivity index (χ1) is 4.66. The maximum absolute atomic E-state index is 7.31. The van der Waals surface area contributed by atoms with Crippen LogP contribution in [0.2, 0.25) is 0 Å². The summed E-state index contributed by atoms with van der Waals surface area (Å²) in [5, 5.41) is 7.31. The molecule has 1 nitrogen and oxygen atoms in total. The fraction of sp³-hybridized carbons (Fsp3) is 0.444. The number of hydrogen-bond acceptors (Lipinski definition) is 1. The van der Waals surface area contributed by atoms with Crippen molar-refractivity contribution in [1.82, 2.24) is 0 Å². The summed E-state index contributed by atoms with van der Waals surface area (Å²) in [5.41, 5.74) is 0.566. The first-order valence-corrected chi connectivity index (χ1v) is 3.56. The number of nitrogens with one attached hydrogen (secondary N) is 1. The highest BCUT2D eigenvalue weighted by atomic mass is 14.4. The van der Waals surface area contributed by atoms with Gasteiger partial charge in [-0.05, 0) is 25.0 Å². The predicted molar refractivity (Wildman–Crippen MR) is 46.5 cm³/mol. The van der Waals surface area contributed by atoms with Gasteiger partial charge in [0.25, 0.3) is 0 Å². The standard InChI is InChI=1S/C9H15N/c1-4-5-9(10)7-6-8(2)3/h4-8,10H,1-3H3/b5-4-,7-6-,10-9?. The van der Waals surface area contributed by atoms with Crippen LogP contribution in [0.1, 0.15) is 20.8 Å². The van der Waals surface area contributed by atoms with Crippen molar-refractivity contribution in [3.8, 4) is 0 Å². The zero-order chi connectivity index (χ0) is 7.98. The van der Waals surface area contributed by atoms with Crippen LogP contribution in [0.25, 0.3) is 0 Å². The summed E-state index contributed by atoms with van der Waals surface area (Å²) in [6.07, 6.45) is 7.48. The van der Waals surface area contributed by atoms with E-state index in [1.165, 1.54) is 0 Å². The van der Waals surface area contributed by atoms with Gasteiger partial charge in [0, 0.05) is 0 Å². The van der Waals surface area contributed by atoms with Gasteiger partial charge >= 0.3 is 0 Å². The lowest BCUT2D eigenvalue weighted by molar-refractivity contribution is 0.832.